The van der Waals surface area contributed by atoms with Gasteiger partial charge in [-0.1, -0.05) is 0 Å². The van der Waals surface area contributed by atoms with Gasteiger partial charge in [-0.2, -0.15) is 0 Å². The topological polar surface area (TPSA) is 99.7 Å². The maximum atomic E-state index is 12.9. The molecule has 0 spiro atoms. The molecular formula is C20H28N4O3. The van der Waals surface area contributed by atoms with Crippen molar-refractivity contribution in [2.45, 2.75) is 44.6 Å². The molecule has 7 nitrogen and oxygen atoms in total. The number of nitrogen functional groups attached to an aromatic ring is 1. The Morgan fingerprint density at radius 1 is 1.19 bits per heavy atom. The molecule has 0 unspecified atom stereocenters. The van der Waals surface area contributed by atoms with E-state index in [4.69, 9.17) is 15.9 Å². The molecule has 0 aromatic heterocycles. The largest absolute Gasteiger partial charge is 0.469 e. The molecule has 1 aromatic carbocycles. The molecular weight excluding hydrogens is 344 g/mol. The van der Waals surface area contributed by atoms with E-state index in [0.717, 1.165) is 44.3 Å². The minimum atomic E-state index is -0.140. The zero-order chi connectivity index (χ0) is 19.4. The van der Waals surface area contributed by atoms with Crippen molar-refractivity contribution in [1.29, 1.82) is 5.41 Å². The Bertz CT molecular complexity index is 696. The van der Waals surface area contributed by atoms with Crippen LogP contribution in [0.1, 0.15) is 44.1 Å². The summed E-state index contributed by atoms with van der Waals surface area (Å²) in [5.41, 5.74) is 7.00. The van der Waals surface area contributed by atoms with Crippen molar-refractivity contribution in [3.8, 4) is 0 Å². The molecule has 1 heterocycles. The molecule has 2 aliphatic rings. The summed E-state index contributed by atoms with van der Waals surface area (Å²) in [6.07, 6.45) is 5.46. The van der Waals surface area contributed by atoms with Crippen molar-refractivity contribution in [3.63, 3.8) is 0 Å². The average molecular weight is 372 g/mol. The molecule has 7 heteroatoms. The first-order chi connectivity index (χ1) is 13.0. The highest BCUT2D eigenvalue weighted by molar-refractivity contribution is 5.97. The zero-order valence-electron chi connectivity index (χ0n) is 15.8. The average Bonchev–Trinajstić information content (AvgIpc) is 3.08. The summed E-state index contributed by atoms with van der Waals surface area (Å²) >= 11 is 0. The predicted octanol–water partition coefficient (Wildman–Crippen LogP) is 2.72. The number of urea groups is 1. The van der Waals surface area contributed by atoms with Gasteiger partial charge >= 0.3 is 12.0 Å². The lowest BCUT2D eigenvalue weighted by Crippen LogP contribution is -2.41. The number of methoxy groups -OCH3 is 1. The molecule has 3 rings (SSSR count). The number of rotatable bonds is 6. The molecule has 3 N–H and O–H groups in total. The fourth-order valence-corrected chi connectivity index (χ4v) is 4.12. The van der Waals surface area contributed by atoms with Gasteiger partial charge in [0.15, 0.2) is 0 Å². The summed E-state index contributed by atoms with van der Waals surface area (Å²) in [5, 5.41) is 7.46. The van der Waals surface area contributed by atoms with Crippen LogP contribution in [-0.4, -0.2) is 49.0 Å². The fourth-order valence-electron chi connectivity index (χ4n) is 4.12. The molecule has 27 heavy (non-hydrogen) atoms. The number of esters is 1. The smallest absolute Gasteiger partial charge is 0.324 e. The van der Waals surface area contributed by atoms with Crippen LogP contribution >= 0.6 is 0 Å². The van der Waals surface area contributed by atoms with Gasteiger partial charge in [-0.05, 0) is 62.3 Å². The van der Waals surface area contributed by atoms with E-state index in [2.05, 4.69) is 0 Å². The highest BCUT2D eigenvalue weighted by Crippen LogP contribution is 2.33. The van der Waals surface area contributed by atoms with Gasteiger partial charge < -0.3 is 15.4 Å². The van der Waals surface area contributed by atoms with Crippen LogP contribution in [0.2, 0.25) is 0 Å². The number of amides is 2. The summed E-state index contributed by atoms with van der Waals surface area (Å²) in [6.45, 7) is 1.42. The van der Waals surface area contributed by atoms with E-state index in [1.54, 1.807) is 17.0 Å². The number of anilines is 1. The van der Waals surface area contributed by atoms with Crippen molar-refractivity contribution in [2.24, 2.45) is 11.7 Å². The standard InChI is InChI=1S/C20H28N4O3/c1-27-18(25)11-4-14-2-7-16(8-3-14)23-12-13-24(20(23)26)17-9-5-15(6-10-17)19(21)22/h5-6,9-10,14,16H,2-4,7-8,11-13H2,1H3,(H3,21,22)/t14-,16-. The van der Waals surface area contributed by atoms with Gasteiger partial charge in [-0.25, -0.2) is 4.79 Å². The van der Waals surface area contributed by atoms with Crippen LogP contribution in [0, 0.1) is 11.3 Å². The second-order valence-electron chi connectivity index (χ2n) is 7.38. The summed E-state index contributed by atoms with van der Waals surface area (Å²) < 4.78 is 4.72. The summed E-state index contributed by atoms with van der Waals surface area (Å²) in [6, 6.07) is 7.60. The summed E-state index contributed by atoms with van der Waals surface area (Å²) in [5.74, 6) is 0.437. The van der Waals surface area contributed by atoms with Gasteiger partial charge in [0.25, 0.3) is 0 Å². The molecule has 1 saturated heterocycles. The maximum Gasteiger partial charge on any atom is 0.324 e. The van der Waals surface area contributed by atoms with Crippen LogP contribution in [0.3, 0.4) is 0 Å². The number of benzene rings is 1. The van der Waals surface area contributed by atoms with E-state index in [0.29, 0.717) is 24.4 Å². The Balaban J connectivity index is 1.53. The molecule has 146 valence electrons. The Morgan fingerprint density at radius 2 is 1.85 bits per heavy atom. The van der Waals surface area contributed by atoms with E-state index < -0.39 is 0 Å². The number of nitrogens with one attached hydrogen (secondary N) is 1. The fraction of sp³-hybridized carbons (Fsp3) is 0.550. The minimum absolute atomic E-state index is 0.0277. The Labute approximate surface area is 160 Å². The Morgan fingerprint density at radius 3 is 2.44 bits per heavy atom. The highest BCUT2D eigenvalue weighted by Gasteiger charge is 2.36. The summed E-state index contributed by atoms with van der Waals surface area (Å²) in [7, 11) is 1.43. The van der Waals surface area contributed by atoms with E-state index in [9.17, 15) is 9.59 Å². The van der Waals surface area contributed by atoms with E-state index in [-0.39, 0.29) is 23.9 Å². The number of hydrogen-bond acceptors (Lipinski definition) is 4. The third kappa shape index (κ3) is 4.40. The molecule has 1 aromatic rings. The first kappa shape index (κ1) is 19.2. The zero-order valence-corrected chi connectivity index (χ0v) is 15.8. The first-order valence-corrected chi connectivity index (χ1v) is 9.59. The maximum absolute atomic E-state index is 12.9. The lowest BCUT2D eigenvalue weighted by molar-refractivity contribution is -0.141. The second-order valence-corrected chi connectivity index (χ2v) is 7.38. The van der Waals surface area contributed by atoms with Crippen molar-refractivity contribution in [2.75, 3.05) is 25.1 Å². The SMILES string of the molecule is COC(=O)CC[C@H]1CC[C@H](N2CCN(c3ccc(C(=N)N)cc3)C2=O)CC1. The molecule has 0 bridgehead atoms. The van der Waals surface area contributed by atoms with Crippen LogP contribution in [-0.2, 0) is 9.53 Å². The van der Waals surface area contributed by atoms with Crippen LogP contribution in [0.25, 0.3) is 0 Å². The van der Waals surface area contributed by atoms with Crippen molar-refractivity contribution in [3.05, 3.63) is 29.8 Å². The van der Waals surface area contributed by atoms with E-state index in [1.165, 1.54) is 7.11 Å². The monoisotopic (exact) mass is 372 g/mol. The number of nitrogens with two attached hydrogens (primary N) is 1. The number of amidine groups is 1. The second kappa shape index (κ2) is 8.41. The van der Waals surface area contributed by atoms with Crippen LogP contribution in [0.5, 0.6) is 0 Å². The molecule has 1 saturated carbocycles. The van der Waals surface area contributed by atoms with E-state index in [1.807, 2.05) is 17.0 Å². The molecule has 0 radical (unpaired) electrons. The Hall–Kier alpha value is -2.57. The van der Waals surface area contributed by atoms with Gasteiger partial charge in [0, 0.05) is 36.8 Å². The lowest BCUT2D eigenvalue weighted by Gasteiger charge is -2.34. The van der Waals surface area contributed by atoms with Gasteiger partial charge in [0.1, 0.15) is 5.84 Å². The third-order valence-corrected chi connectivity index (χ3v) is 5.77. The van der Waals surface area contributed by atoms with Gasteiger partial charge in [-0.15, -0.1) is 0 Å². The molecule has 0 atom stereocenters. The van der Waals surface area contributed by atoms with E-state index >= 15 is 0 Å². The van der Waals surface area contributed by atoms with Gasteiger partial charge in [0.2, 0.25) is 0 Å². The number of ether oxygens (including phenoxy) is 1. The Kier molecular flexibility index (Phi) is 5.98. The number of carbonyl (C=O) groups excluding carboxylic acids is 2. The highest BCUT2D eigenvalue weighted by atomic mass is 16.5. The third-order valence-electron chi connectivity index (χ3n) is 5.77. The molecule has 2 fully saturated rings. The summed E-state index contributed by atoms with van der Waals surface area (Å²) in [4.78, 5) is 28.0. The first-order valence-electron chi connectivity index (χ1n) is 9.59. The van der Waals surface area contributed by atoms with Crippen LogP contribution < -0.4 is 10.6 Å². The van der Waals surface area contributed by atoms with Crippen molar-refractivity contribution < 1.29 is 14.3 Å². The van der Waals surface area contributed by atoms with Crippen molar-refractivity contribution in [1.82, 2.24) is 4.90 Å². The lowest BCUT2D eigenvalue weighted by atomic mass is 9.83. The quantitative estimate of drug-likeness (QED) is 0.455. The van der Waals surface area contributed by atoms with Gasteiger partial charge in [0.05, 0.1) is 7.11 Å². The molecule has 1 aliphatic heterocycles. The normalized spacial score (nSPS) is 22.8. The molecule has 2 amide bonds. The van der Waals surface area contributed by atoms with Crippen LogP contribution in [0.4, 0.5) is 10.5 Å². The number of carbonyl (C=O) groups is 2. The van der Waals surface area contributed by atoms with Gasteiger partial charge in [-0.3, -0.25) is 15.1 Å². The number of nitrogens with zero attached hydrogens (tertiary/aromatic N) is 2. The van der Waals surface area contributed by atoms with Crippen LogP contribution in [0.15, 0.2) is 24.3 Å². The predicted molar refractivity (Wildman–Crippen MR) is 104 cm³/mol. The number of hydrogen-bond donors (Lipinski definition) is 2. The minimum Gasteiger partial charge on any atom is -0.469 e. The van der Waals surface area contributed by atoms with Crippen molar-refractivity contribution >= 4 is 23.5 Å². The molecule has 1 aliphatic carbocycles.